The van der Waals surface area contributed by atoms with Gasteiger partial charge >= 0.3 is 0 Å². The quantitative estimate of drug-likeness (QED) is 0.686. The van der Waals surface area contributed by atoms with Crippen LogP contribution in [0.5, 0.6) is 0 Å². The first kappa shape index (κ1) is 9.43. The van der Waals surface area contributed by atoms with Crippen LogP contribution in [0.15, 0.2) is 12.3 Å². The standard InChI is InChI=1S/C10H14N2O2/c1-7-4-8(9(11)12-5-7)10(13)2-3-14-6-10/h4-5,13H,2-3,6H2,1H3,(H2,11,12). The van der Waals surface area contributed by atoms with Crippen LogP contribution >= 0.6 is 0 Å². The van der Waals surface area contributed by atoms with Gasteiger partial charge in [0.05, 0.1) is 6.61 Å². The Balaban J connectivity index is 2.44. The second kappa shape index (κ2) is 3.22. The summed E-state index contributed by atoms with van der Waals surface area (Å²) in [5.41, 5.74) is 6.47. The highest BCUT2D eigenvalue weighted by Crippen LogP contribution is 2.33. The summed E-state index contributed by atoms with van der Waals surface area (Å²) in [4.78, 5) is 4.03. The molecule has 2 heterocycles. The second-order valence-corrected chi connectivity index (χ2v) is 3.78. The minimum atomic E-state index is -0.941. The Morgan fingerprint density at radius 2 is 2.43 bits per heavy atom. The smallest absolute Gasteiger partial charge is 0.129 e. The molecule has 1 aliphatic heterocycles. The monoisotopic (exact) mass is 194 g/mol. The summed E-state index contributed by atoms with van der Waals surface area (Å²) < 4.78 is 5.18. The molecular weight excluding hydrogens is 180 g/mol. The van der Waals surface area contributed by atoms with Crippen molar-refractivity contribution >= 4 is 5.82 Å². The van der Waals surface area contributed by atoms with Crippen LogP contribution in [0, 0.1) is 6.92 Å². The molecule has 4 heteroatoms. The third kappa shape index (κ3) is 1.47. The fourth-order valence-corrected chi connectivity index (χ4v) is 1.72. The lowest BCUT2D eigenvalue weighted by Crippen LogP contribution is -2.27. The van der Waals surface area contributed by atoms with Crippen LogP contribution in [0.3, 0.4) is 0 Å². The molecule has 3 N–H and O–H groups in total. The van der Waals surface area contributed by atoms with Crippen LogP contribution in [0.4, 0.5) is 5.82 Å². The molecule has 1 aliphatic rings. The minimum Gasteiger partial charge on any atom is -0.383 e. The van der Waals surface area contributed by atoms with Gasteiger partial charge in [-0.05, 0) is 18.6 Å². The molecule has 1 aromatic rings. The van der Waals surface area contributed by atoms with E-state index in [1.165, 1.54) is 0 Å². The van der Waals surface area contributed by atoms with Crippen LogP contribution in [0.25, 0.3) is 0 Å². The molecule has 0 amide bonds. The fraction of sp³-hybridized carbons (Fsp3) is 0.500. The van der Waals surface area contributed by atoms with Gasteiger partial charge < -0.3 is 15.6 Å². The average molecular weight is 194 g/mol. The van der Waals surface area contributed by atoms with Gasteiger partial charge in [-0.1, -0.05) is 0 Å². The first-order valence-electron chi connectivity index (χ1n) is 4.64. The molecule has 76 valence electrons. The third-order valence-electron chi connectivity index (χ3n) is 2.56. The van der Waals surface area contributed by atoms with E-state index >= 15 is 0 Å². The highest BCUT2D eigenvalue weighted by molar-refractivity contribution is 5.45. The average Bonchev–Trinajstić information content (AvgIpc) is 2.58. The van der Waals surface area contributed by atoms with Gasteiger partial charge in [-0.15, -0.1) is 0 Å². The van der Waals surface area contributed by atoms with Gasteiger partial charge in [-0.2, -0.15) is 0 Å². The largest absolute Gasteiger partial charge is 0.383 e. The molecule has 2 rings (SSSR count). The molecule has 0 radical (unpaired) electrons. The van der Waals surface area contributed by atoms with Crippen molar-refractivity contribution in [1.29, 1.82) is 0 Å². The first-order valence-corrected chi connectivity index (χ1v) is 4.64. The maximum absolute atomic E-state index is 10.2. The zero-order valence-corrected chi connectivity index (χ0v) is 8.16. The molecule has 0 aliphatic carbocycles. The zero-order valence-electron chi connectivity index (χ0n) is 8.16. The van der Waals surface area contributed by atoms with E-state index < -0.39 is 5.60 Å². The molecule has 4 nitrogen and oxygen atoms in total. The molecular formula is C10H14N2O2. The highest BCUT2D eigenvalue weighted by atomic mass is 16.5. The van der Waals surface area contributed by atoms with Crippen LogP contribution < -0.4 is 5.73 Å². The number of nitrogens with two attached hydrogens (primary N) is 1. The number of aliphatic hydroxyl groups is 1. The van der Waals surface area contributed by atoms with E-state index in [0.717, 1.165) is 5.56 Å². The van der Waals surface area contributed by atoms with Crippen molar-refractivity contribution in [3.8, 4) is 0 Å². The van der Waals surface area contributed by atoms with Crippen molar-refractivity contribution in [2.45, 2.75) is 18.9 Å². The Hall–Kier alpha value is -1.13. The summed E-state index contributed by atoms with van der Waals surface area (Å²) >= 11 is 0. The second-order valence-electron chi connectivity index (χ2n) is 3.78. The van der Waals surface area contributed by atoms with Gasteiger partial charge in [-0.25, -0.2) is 4.98 Å². The summed E-state index contributed by atoms with van der Waals surface area (Å²) in [5.74, 6) is 0.392. The number of rotatable bonds is 1. The third-order valence-corrected chi connectivity index (χ3v) is 2.56. The molecule has 1 saturated heterocycles. The van der Waals surface area contributed by atoms with Gasteiger partial charge in [0.25, 0.3) is 0 Å². The van der Waals surface area contributed by atoms with E-state index in [1.54, 1.807) is 6.20 Å². The molecule has 0 aromatic carbocycles. The summed E-state index contributed by atoms with van der Waals surface area (Å²) in [6, 6.07) is 1.87. The van der Waals surface area contributed by atoms with E-state index in [9.17, 15) is 5.11 Å². The molecule has 14 heavy (non-hydrogen) atoms. The summed E-state index contributed by atoms with van der Waals surface area (Å²) in [6.45, 7) is 2.81. The van der Waals surface area contributed by atoms with Crippen LogP contribution in [-0.4, -0.2) is 23.3 Å². The van der Waals surface area contributed by atoms with Gasteiger partial charge in [0, 0.05) is 24.8 Å². The van der Waals surface area contributed by atoms with E-state index in [2.05, 4.69) is 4.98 Å². The number of nitrogens with zero attached hydrogens (tertiary/aromatic N) is 1. The minimum absolute atomic E-state index is 0.308. The van der Waals surface area contributed by atoms with Gasteiger partial charge in [0.15, 0.2) is 0 Å². The van der Waals surface area contributed by atoms with Crippen LogP contribution in [0.2, 0.25) is 0 Å². The number of aryl methyl sites for hydroxylation is 1. The van der Waals surface area contributed by atoms with Gasteiger partial charge in [0.1, 0.15) is 11.4 Å². The van der Waals surface area contributed by atoms with Crippen molar-refractivity contribution < 1.29 is 9.84 Å². The summed E-state index contributed by atoms with van der Waals surface area (Å²) in [6.07, 6.45) is 2.28. The lowest BCUT2D eigenvalue weighted by Gasteiger charge is -2.22. The summed E-state index contributed by atoms with van der Waals surface area (Å²) in [7, 11) is 0. The Morgan fingerprint density at radius 1 is 1.64 bits per heavy atom. The first-order chi connectivity index (χ1) is 6.62. The predicted molar refractivity (Wildman–Crippen MR) is 52.7 cm³/mol. The maximum Gasteiger partial charge on any atom is 0.129 e. The molecule has 1 unspecified atom stereocenters. The lowest BCUT2D eigenvalue weighted by atomic mass is 9.93. The number of hydrogen-bond donors (Lipinski definition) is 2. The SMILES string of the molecule is Cc1cnc(N)c(C2(O)CCOC2)c1. The number of aromatic nitrogens is 1. The van der Waals surface area contributed by atoms with Crippen molar-refractivity contribution in [2.75, 3.05) is 18.9 Å². The number of pyridine rings is 1. The van der Waals surface area contributed by atoms with Crippen molar-refractivity contribution in [3.63, 3.8) is 0 Å². The normalized spacial score (nSPS) is 26.7. The Bertz CT molecular complexity index is 346. The van der Waals surface area contributed by atoms with E-state index in [-0.39, 0.29) is 0 Å². The molecule has 0 saturated carbocycles. The maximum atomic E-state index is 10.2. The van der Waals surface area contributed by atoms with E-state index in [0.29, 0.717) is 31.0 Å². The zero-order chi connectivity index (χ0) is 10.2. The van der Waals surface area contributed by atoms with Crippen LogP contribution in [0.1, 0.15) is 17.5 Å². The number of nitrogen functional groups attached to an aromatic ring is 1. The Kier molecular flexibility index (Phi) is 2.17. The van der Waals surface area contributed by atoms with Crippen molar-refractivity contribution in [2.24, 2.45) is 0 Å². The Morgan fingerprint density at radius 3 is 3.07 bits per heavy atom. The van der Waals surface area contributed by atoms with Crippen molar-refractivity contribution in [1.82, 2.24) is 4.98 Å². The molecule has 0 bridgehead atoms. The van der Waals surface area contributed by atoms with E-state index in [1.807, 2.05) is 13.0 Å². The van der Waals surface area contributed by atoms with Crippen LogP contribution in [-0.2, 0) is 10.3 Å². The Labute approximate surface area is 82.7 Å². The number of anilines is 1. The fourth-order valence-electron chi connectivity index (χ4n) is 1.72. The summed E-state index contributed by atoms with van der Waals surface area (Å²) in [5, 5.41) is 10.2. The highest BCUT2D eigenvalue weighted by Gasteiger charge is 2.36. The molecule has 1 aromatic heterocycles. The van der Waals surface area contributed by atoms with E-state index in [4.69, 9.17) is 10.5 Å². The lowest BCUT2D eigenvalue weighted by molar-refractivity contribution is 0.0236. The van der Waals surface area contributed by atoms with Crippen molar-refractivity contribution in [3.05, 3.63) is 23.4 Å². The molecule has 1 atom stereocenters. The number of hydrogen-bond acceptors (Lipinski definition) is 4. The molecule has 0 spiro atoms. The van der Waals surface area contributed by atoms with Gasteiger partial charge in [0.2, 0.25) is 0 Å². The predicted octanol–water partition coefficient (Wildman–Crippen LogP) is 0.580. The van der Waals surface area contributed by atoms with Gasteiger partial charge in [-0.3, -0.25) is 0 Å². The number of ether oxygens (including phenoxy) is 1. The topological polar surface area (TPSA) is 68.4 Å². The molecule has 1 fully saturated rings.